The van der Waals surface area contributed by atoms with E-state index < -0.39 is 0 Å². The maximum Gasteiger partial charge on any atom is 0.237 e. The molecule has 0 spiro atoms. The zero-order valence-electron chi connectivity index (χ0n) is 12.7. The number of hydrogen-bond acceptors (Lipinski definition) is 5. The monoisotopic (exact) mass is 294 g/mol. The number of methoxy groups -OCH3 is 3. The highest BCUT2D eigenvalue weighted by Crippen LogP contribution is 2.38. The maximum atomic E-state index is 12.0. The van der Waals surface area contributed by atoms with E-state index >= 15 is 0 Å². The standard InChI is InChI=1S/C15H22N2O4/c1-19-12-7-10(8-13(20-2)14(12)21-3)9-17-15(18)11-5-4-6-16-11/h7-8,11,16H,4-6,9H2,1-3H3,(H,17,18). The predicted octanol–water partition coefficient (Wildman–Crippen LogP) is 1.08. The molecular formula is C15H22N2O4. The van der Waals surface area contributed by atoms with E-state index in [4.69, 9.17) is 14.2 Å². The van der Waals surface area contributed by atoms with E-state index in [9.17, 15) is 4.79 Å². The van der Waals surface area contributed by atoms with Gasteiger partial charge in [0.05, 0.1) is 27.4 Å². The van der Waals surface area contributed by atoms with Crippen LogP contribution in [-0.4, -0.2) is 39.8 Å². The Kier molecular flexibility index (Phi) is 5.27. The first-order chi connectivity index (χ1) is 10.2. The quantitative estimate of drug-likeness (QED) is 0.822. The summed E-state index contributed by atoms with van der Waals surface area (Å²) in [5, 5.41) is 6.10. The van der Waals surface area contributed by atoms with E-state index in [1.54, 1.807) is 21.3 Å². The summed E-state index contributed by atoms with van der Waals surface area (Å²) in [4.78, 5) is 12.0. The highest BCUT2D eigenvalue weighted by Gasteiger charge is 2.21. The number of amides is 1. The van der Waals surface area contributed by atoms with Crippen molar-refractivity contribution in [2.75, 3.05) is 27.9 Å². The first-order valence-electron chi connectivity index (χ1n) is 6.99. The summed E-state index contributed by atoms with van der Waals surface area (Å²) in [7, 11) is 4.71. The van der Waals surface area contributed by atoms with Crippen molar-refractivity contribution in [3.05, 3.63) is 17.7 Å². The molecule has 1 aromatic carbocycles. The molecule has 1 amide bonds. The van der Waals surface area contributed by atoms with E-state index in [0.717, 1.165) is 24.9 Å². The summed E-state index contributed by atoms with van der Waals surface area (Å²) in [6.45, 7) is 1.33. The molecule has 2 N–H and O–H groups in total. The molecule has 1 aliphatic rings. The predicted molar refractivity (Wildman–Crippen MR) is 79.0 cm³/mol. The molecule has 1 aliphatic heterocycles. The molecule has 1 unspecified atom stereocenters. The van der Waals surface area contributed by atoms with Crippen molar-refractivity contribution in [1.29, 1.82) is 0 Å². The Morgan fingerprint density at radius 3 is 2.38 bits per heavy atom. The minimum atomic E-state index is -0.0768. The molecule has 116 valence electrons. The number of hydrogen-bond donors (Lipinski definition) is 2. The van der Waals surface area contributed by atoms with Crippen LogP contribution >= 0.6 is 0 Å². The van der Waals surface area contributed by atoms with Crippen molar-refractivity contribution in [1.82, 2.24) is 10.6 Å². The van der Waals surface area contributed by atoms with Gasteiger partial charge in [-0.1, -0.05) is 0 Å². The summed E-state index contributed by atoms with van der Waals surface area (Å²) in [5.74, 6) is 1.74. The van der Waals surface area contributed by atoms with Gasteiger partial charge < -0.3 is 24.8 Å². The summed E-state index contributed by atoms with van der Waals surface area (Å²) in [6.07, 6.45) is 1.93. The molecule has 1 saturated heterocycles. The van der Waals surface area contributed by atoms with Gasteiger partial charge in [0.2, 0.25) is 11.7 Å². The van der Waals surface area contributed by atoms with Crippen molar-refractivity contribution in [3.8, 4) is 17.2 Å². The third kappa shape index (κ3) is 3.58. The number of rotatable bonds is 6. The molecule has 0 radical (unpaired) electrons. The van der Waals surface area contributed by atoms with Gasteiger partial charge in [0.15, 0.2) is 11.5 Å². The minimum Gasteiger partial charge on any atom is -0.493 e. The fourth-order valence-corrected chi connectivity index (χ4v) is 2.46. The summed E-state index contributed by atoms with van der Waals surface area (Å²) < 4.78 is 15.9. The van der Waals surface area contributed by atoms with Crippen molar-refractivity contribution < 1.29 is 19.0 Å². The number of carbonyl (C=O) groups is 1. The van der Waals surface area contributed by atoms with E-state index in [0.29, 0.717) is 23.8 Å². The highest BCUT2D eigenvalue weighted by atomic mass is 16.5. The Labute approximate surface area is 124 Å². The minimum absolute atomic E-state index is 0.0289. The molecule has 0 aliphatic carbocycles. The van der Waals surface area contributed by atoms with Crippen LogP contribution in [-0.2, 0) is 11.3 Å². The van der Waals surface area contributed by atoms with Gasteiger partial charge >= 0.3 is 0 Å². The molecule has 21 heavy (non-hydrogen) atoms. The van der Waals surface area contributed by atoms with Crippen LogP contribution in [0.5, 0.6) is 17.2 Å². The lowest BCUT2D eigenvalue weighted by atomic mass is 10.1. The van der Waals surface area contributed by atoms with Crippen LogP contribution < -0.4 is 24.8 Å². The third-order valence-electron chi connectivity index (χ3n) is 3.57. The number of benzene rings is 1. The summed E-state index contributed by atoms with van der Waals surface area (Å²) in [6, 6.07) is 3.60. The Bertz CT molecular complexity index is 473. The van der Waals surface area contributed by atoms with Gasteiger partial charge in [-0.05, 0) is 37.1 Å². The van der Waals surface area contributed by atoms with Gasteiger partial charge in [0.1, 0.15) is 0 Å². The fourth-order valence-electron chi connectivity index (χ4n) is 2.46. The van der Waals surface area contributed by atoms with Gasteiger partial charge in [0.25, 0.3) is 0 Å². The van der Waals surface area contributed by atoms with Crippen molar-refractivity contribution in [2.24, 2.45) is 0 Å². The average molecular weight is 294 g/mol. The Hall–Kier alpha value is -1.95. The normalized spacial score (nSPS) is 17.4. The third-order valence-corrected chi connectivity index (χ3v) is 3.57. The van der Waals surface area contributed by atoms with E-state index in [1.165, 1.54) is 0 Å². The number of carbonyl (C=O) groups excluding carboxylic acids is 1. The maximum absolute atomic E-state index is 12.0. The van der Waals surface area contributed by atoms with E-state index in [-0.39, 0.29) is 11.9 Å². The molecule has 0 bridgehead atoms. The largest absolute Gasteiger partial charge is 0.493 e. The summed E-state index contributed by atoms with van der Waals surface area (Å²) in [5.41, 5.74) is 0.899. The number of ether oxygens (including phenoxy) is 3. The molecule has 0 aromatic heterocycles. The van der Waals surface area contributed by atoms with Gasteiger partial charge in [-0.3, -0.25) is 4.79 Å². The van der Waals surface area contributed by atoms with Crippen LogP contribution in [0.3, 0.4) is 0 Å². The summed E-state index contributed by atoms with van der Waals surface area (Å²) >= 11 is 0. The Morgan fingerprint density at radius 1 is 1.24 bits per heavy atom. The highest BCUT2D eigenvalue weighted by molar-refractivity contribution is 5.82. The van der Waals surface area contributed by atoms with Gasteiger partial charge in [-0.25, -0.2) is 0 Å². The topological polar surface area (TPSA) is 68.8 Å². The smallest absolute Gasteiger partial charge is 0.237 e. The second-order valence-electron chi connectivity index (χ2n) is 4.90. The van der Waals surface area contributed by atoms with Crippen molar-refractivity contribution >= 4 is 5.91 Å². The molecule has 1 atom stereocenters. The van der Waals surface area contributed by atoms with Crippen molar-refractivity contribution in [2.45, 2.75) is 25.4 Å². The van der Waals surface area contributed by atoms with Crippen LogP contribution in [0.2, 0.25) is 0 Å². The zero-order chi connectivity index (χ0) is 15.2. The second-order valence-corrected chi connectivity index (χ2v) is 4.90. The van der Waals surface area contributed by atoms with E-state index in [2.05, 4.69) is 10.6 Å². The zero-order valence-corrected chi connectivity index (χ0v) is 12.7. The molecule has 1 aromatic rings. The van der Waals surface area contributed by atoms with Crippen molar-refractivity contribution in [3.63, 3.8) is 0 Å². The SMILES string of the molecule is COc1cc(CNC(=O)C2CCCN2)cc(OC)c1OC. The van der Waals surface area contributed by atoms with E-state index in [1.807, 2.05) is 12.1 Å². The molecule has 1 heterocycles. The van der Waals surface area contributed by atoms with Crippen LogP contribution in [0.15, 0.2) is 12.1 Å². The Morgan fingerprint density at radius 2 is 1.90 bits per heavy atom. The molecule has 6 heteroatoms. The lowest BCUT2D eigenvalue weighted by molar-refractivity contribution is -0.122. The number of nitrogens with one attached hydrogen (secondary N) is 2. The van der Waals surface area contributed by atoms with Gasteiger partial charge in [-0.15, -0.1) is 0 Å². The van der Waals surface area contributed by atoms with Gasteiger partial charge in [-0.2, -0.15) is 0 Å². The first kappa shape index (κ1) is 15.4. The first-order valence-corrected chi connectivity index (χ1v) is 6.99. The molecular weight excluding hydrogens is 272 g/mol. The average Bonchev–Trinajstić information content (AvgIpc) is 3.05. The van der Waals surface area contributed by atoms with Crippen LogP contribution in [0.1, 0.15) is 18.4 Å². The molecule has 2 rings (SSSR count). The second kappa shape index (κ2) is 7.17. The van der Waals surface area contributed by atoms with Crippen LogP contribution in [0, 0.1) is 0 Å². The molecule has 0 saturated carbocycles. The van der Waals surface area contributed by atoms with Gasteiger partial charge in [0, 0.05) is 6.54 Å². The van der Waals surface area contributed by atoms with Crippen LogP contribution in [0.4, 0.5) is 0 Å². The fraction of sp³-hybridized carbons (Fsp3) is 0.533. The molecule has 6 nitrogen and oxygen atoms in total. The lowest BCUT2D eigenvalue weighted by Gasteiger charge is -2.15. The molecule has 1 fully saturated rings. The van der Waals surface area contributed by atoms with Crippen LogP contribution in [0.25, 0.3) is 0 Å². The Balaban J connectivity index is 2.07. The lowest BCUT2D eigenvalue weighted by Crippen LogP contribution is -2.40.